The van der Waals surface area contributed by atoms with Crippen molar-refractivity contribution in [1.82, 2.24) is 0 Å². The number of nitrogens with zero attached hydrogens (tertiary/aromatic N) is 6. The van der Waals surface area contributed by atoms with Crippen LogP contribution < -0.4 is 10.6 Å². The van der Waals surface area contributed by atoms with Crippen LogP contribution in [-0.4, -0.2) is 49.5 Å². The van der Waals surface area contributed by atoms with Gasteiger partial charge in [0.15, 0.2) is 0 Å². The summed E-state index contributed by atoms with van der Waals surface area (Å²) >= 11 is 0. The molecule has 512 valence electrons. The standard InChI is InChI=1S/C43H56N4.C43H54N4.2CH3.Hf/c2*1-30(2)36-24-18-25-37(31(3)4)40(36)46-42(34-20-12-9-13-21-34)44-28-16-11-17-29-45-43(35-22-14-10-15-23-35)47-41-38(32(5)6)26-19-27-39(41)33(7)8;;;/h9-10,12-15,18-27,30-33H,11,16-17,28-29H2,1-8H3,(H,44,46)(H,45,47);9-10,12-15,18-27,30-33H,11,16-17,28-29H2,1-8H3;2*1H3;/q;-2;2*-1;+4. The minimum absolute atomic E-state index is 0. The molecular weight excluding hydrogens is 1350 g/mol. The number of benzene rings is 8. The van der Waals surface area contributed by atoms with E-state index >= 15 is 0 Å². The molecule has 0 unspecified atom stereocenters. The first kappa shape index (κ1) is 81.9. The van der Waals surface area contributed by atoms with Crippen molar-refractivity contribution >= 4 is 46.1 Å². The number of rotatable bonds is 28. The number of aliphatic imine (C=N–C) groups is 4. The average molecular weight is 1460 g/mol. The fourth-order valence-electron chi connectivity index (χ4n) is 11.8. The first-order valence-corrected chi connectivity index (χ1v) is 35.2. The molecule has 97 heavy (non-hydrogen) atoms. The van der Waals surface area contributed by atoms with Crippen molar-refractivity contribution in [2.45, 2.75) is 197 Å². The maximum Gasteiger partial charge on any atom is 4.00 e. The molecule has 8 aromatic carbocycles. The van der Waals surface area contributed by atoms with E-state index < -0.39 is 0 Å². The first-order valence-electron chi connectivity index (χ1n) is 35.2. The number of amidine groups is 4. The van der Waals surface area contributed by atoms with E-state index in [1.54, 1.807) is 0 Å². The summed E-state index contributed by atoms with van der Waals surface area (Å²) in [5, 5.41) is 17.7. The molecule has 8 aromatic rings. The Morgan fingerprint density at radius 3 is 0.784 bits per heavy atom. The van der Waals surface area contributed by atoms with Crippen molar-refractivity contribution in [1.29, 1.82) is 0 Å². The van der Waals surface area contributed by atoms with Gasteiger partial charge in [-0.25, -0.2) is 0 Å². The predicted octanol–water partition coefficient (Wildman–Crippen LogP) is 25.6. The molecule has 0 bridgehead atoms. The van der Waals surface area contributed by atoms with E-state index in [1.165, 1.54) is 55.9 Å². The summed E-state index contributed by atoms with van der Waals surface area (Å²) < 4.78 is 0. The number of unbranched alkanes of at least 4 members (excludes halogenated alkanes) is 4. The Balaban J connectivity index is 0.000000400. The van der Waals surface area contributed by atoms with Gasteiger partial charge in [-0.15, -0.1) is 0 Å². The molecular formula is C88H116HfN8. The molecule has 0 aliphatic rings. The fraction of sp³-hybridized carbons (Fsp3) is 0.386. The van der Waals surface area contributed by atoms with Crippen LogP contribution in [-0.2, 0) is 25.8 Å². The molecule has 0 saturated carbocycles. The summed E-state index contributed by atoms with van der Waals surface area (Å²) in [7, 11) is 0. The second-order valence-corrected chi connectivity index (χ2v) is 27.4. The number of anilines is 2. The quantitative estimate of drug-likeness (QED) is 0.0168. The van der Waals surface area contributed by atoms with Gasteiger partial charge in [-0.2, -0.15) is 0 Å². The number of para-hydroxylation sites is 4. The Hall–Kier alpha value is -7.49. The van der Waals surface area contributed by atoms with Gasteiger partial charge in [0.1, 0.15) is 11.7 Å². The molecule has 2 N–H and O–H groups in total. The SMILES string of the molecule is CC(C)c1cccc(C(C)C)c1N=C([N-]CCCCC[N-]C(=Nc1c(C(C)C)cccc1C(C)C)c1ccccc1)c1ccccc1.CC(C)c1cccc(C(C)C)c1NC(=NCCCCCN=C(Nc1c(C(C)C)cccc1C(C)C)c1ccccc1)c1ccccc1.[CH3-].[CH3-].[Hf+4]. The third-order valence-electron chi connectivity index (χ3n) is 17.2. The van der Waals surface area contributed by atoms with Gasteiger partial charge in [0.05, 0.1) is 0 Å². The van der Waals surface area contributed by atoms with E-state index in [1.807, 2.05) is 12.1 Å². The van der Waals surface area contributed by atoms with Crippen molar-refractivity contribution in [3.05, 3.63) is 286 Å². The van der Waals surface area contributed by atoms with Crippen LogP contribution >= 0.6 is 0 Å². The summed E-state index contributed by atoms with van der Waals surface area (Å²) in [6, 6.07) is 68.3. The van der Waals surface area contributed by atoms with Gasteiger partial charge in [-0.1, -0.05) is 349 Å². The Morgan fingerprint density at radius 1 is 0.289 bits per heavy atom. The predicted molar refractivity (Wildman–Crippen MR) is 424 cm³/mol. The summed E-state index contributed by atoms with van der Waals surface area (Å²) in [5.74, 6) is 6.71. The Labute approximate surface area is 607 Å². The van der Waals surface area contributed by atoms with E-state index in [4.69, 9.17) is 30.6 Å². The van der Waals surface area contributed by atoms with Gasteiger partial charge < -0.3 is 46.1 Å². The molecule has 0 aromatic heterocycles. The molecule has 0 heterocycles. The van der Waals surface area contributed by atoms with Crippen molar-refractivity contribution < 1.29 is 25.8 Å². The van der Waals surface area contributed by atoms with E-state index in [-0.39, 0.29) is 40.7 Å². The Kier molecular flexibility index (Phi) is 35.8. The van der Waals surface area contributed by atoms with Gasteiger partial charge in [-0.3, -0.25) is 9.98 Å². The Morgan fingerprint density at radius 2 is 0.526 bits per heavy atom. The van der Waals surface area contributed by atoms with Crippen LogP contribution in [0.2, 0.25) is 0 Å². The molecule has 8 rings (SSSR count). The second kappa shape index (κ2) is 42.4. The number of nitrogens with one attached hydrogen (secondary N) is 2. The minimum Gasteiger partial charge on any atom is -0.465 e. The first-order chi connectivity index (χ1) is 45.3. The van der Waals surface area contributed by atoms with Crippen LogP contribution in [0.4, 0.5) is 22.7 Å². The van der Waals surface area contributed by atoms with E-state index in [2.05, 4.69) is 303 Å². The maximum atomic E-state index is 5.26. The van der Waals surface area contributed by atoms with Crippen molar-refractivity contribution in [2.75, 3.05) is 36.8 Å². The van der Waals surface area contributed by atoms with Gasteiger partial charge in [0.2, 0.25) is 0 Å². The molecule has 9 heteroatoms. The summed E-state index contributed by atoms with van der Waals surface area (Å²) in [5.41, 5.74) is 19.3. The molecule has 0 fully saturated rings. The average Bonchev–Trinajstić information content (AvgIpc) is 0.843. The summed E-state index contributed by atoms with van der Waals surface area (Å²) in [4.78, 5) is 20.8. The molecule has 0 atom stereocenters. The van der Waals surface area contributed by atoms with Crippen LogP contribution in [0.5, 0.6) is 0 Å². The normalized spacial score (nSPS) is 12.0. The second-order valence-electron chi connectivity index (χ2n) is 27.4. The number of hydrogen-bond acceptors (Lipinski definition) is 4. The van der Waals surface area contributed by atoms with Gasteiger partial charge in [0, 0.05) is 35.6 Å². The van der Waals surface area contributed by atoms with Crippen molar-refractivity contribution in [2.24, 2.45) is 20.0 Å². The van der Waals surface area contributed by atoms with E-state index in [0.717, 1.165) is 122 Å². The molecule has 8 nitrogen and oxygen atoms in total. The monoisotopic (exact) mass is 1460 g/mol. The van der Waals surface area contributed by atoms with Gasteiger partial charge in [-0.05, 0) is 134 Å². The van der Waals surface area contributed by atoms with Crippen LogP contribution in [0, 0.1) is 14.9 Å². The zero-order chi connectivity index (χ0) is 67.5. The maximum absolute atomic E-state index is 5.26. The van der Waals surface area contributed by atoms with E-state index in [9.17, 15) is 0 Å². The Bertz CT molecular complexity index is 3350. The van der Waals surface area contributed by atoms with Crippen LogP contribution in [0.25, 0.3) is 10.6 Å². The minimum atomic E-state index is 0. The number of hydrogen-bond donors (Lipinski definition) is 2. The fourth-order valence-corrected chi connectivity index (χ4v) is 11.8. The van der Waals surface area contributed by atoms with Crippen LogP contribution in [0.15, 0.2) is 214 Å². The zero-order valence-electron chi connectivity index (χ0n) is 62.3. The van der Waals surface area contributed by atoms with E-state index in [0.29, 0.717) is 47.3 Å². The molecule has 0 aliphatic heterocycles. The molecule has 0 spiro atoms. The molecule has 0 amide bonds. The largest absolute Gasteiger partial charge is 4.00 e. The van der Waals surface area contributed by atoms with Gasteiger partial charge in [0.25, 0.3) is 0 Å². The van der Waals surface area contributed by atoms with Crippen molar-refractivity contribution in [3.8, 4) is 0 Å². The molecule has 0 aliphatic carbocycles. The summed E-state index contributed by atoms with van der Waals surface area (Å²) in [6.45, 7) is 39.0. The third-order valence-corrected chi connectivity index (χ3v) is 17.2. The van der Waals surface area contributed by atoms with Crippen molar-refractivity contribution in [3.63, 3.8) is 0 Å². The third kappa shape index (κ3) is 24.5. The van der Waals surface area contributed by atoms with Crippen LogP contribution in [0.3, 0.4) is 0 Å². The molecule has 0 saturated heterocycles. The zero-order valence-corrected chi connectivity index (χ0v) is 65.9. The molecule has 0 radical (unpaired) electrons. The smallest absolute Gasteiger partial charge is 0.465 e. The summed E-state index contributed by atoms with van der Waals surface area (Å²) in [6.07, 6.45) is 6.09. The topological polar surface area (TPSA) is 102 Å². The van der Waals surface area contributed by atoms with Gasteiger partial charge >= 0.3 is 25.8 Å². The van der Waals surface area contributed by atoms with Crippen LogP contribution in [0.1, 0.15) is 263 Å².